The molecule has 0 bridgehead atoms. The van der Waals surface area contributed by atoms with Gasteiger partial charge in [-0.1, -0.05) is 23.2 Å². The molecular formula is C22H27Cl2FN3O+. The van der Waals surface area contributed by atoms with Gasteiger partial charge in [0.15, 0.2) is 0 Å². The fourth-order valence-corrected chi connectivity index (χ4v) is 4.83. The van der Waals surface area contributed by atoms with Crippen molar-refractivity contribution < 1.29 is 13.7 Å². The predicted octanol–water partition coefficient (Wildman–Crippen LogP) is 5.17. The summed E-state index contributed by atoms with van der Waals surface area (Å²) >= 11 is 12.2. The zero-order valence-corrected chi connectivity index (χ0v) is 18.5. The molecule has 7 heteroatoms. The van der Waals surface area contributed by atoms with Gasteiger partial charge in [0.1, 0.15) is 18.4 Å². The third kappa shape index (κ3) is 4.92. The van der Waals surface area contributed by atoms with Gasteiger partial charge in [0.05, 0.1) is 13.6 Å². The Kier molecular flexibility index (Phi) is 6.84. The summed E-state index contributed by atoms with van der Waals surface area (Å²) in [5, 5.41) is 4.49. The van der Waals surface area contributed by atoms with E-state index in [1.54, 1.807) is 24.1 Å². The number of nitrogens with zero attached hydrogens (tertiary/aromatic N) is 2. The molecule has 156 valence electrons. The van der Waals surface area contributed by atoms with E-state index in [1.165, 1.54) is 6.07 Å². The van der Waals surface area contributed by atoms with Crippen molar-refractivity contribution in [3.63, 3.8) is 0 Å². The number of hydrogen-bond acceptors (Lipinski definition) is 2. The summed E-state index contributed by atoms with van der Waals surface area (Å²) in [5.41, 5.74) is 2.77. The first kappa shape index (κ1) is 22.0. The van der Waals surface area contributed by atoms with Crippen molar-refractivity contribution in [3.8, 4) is 0 Å². The highest BCUT2D eigenvalue weighted by Crippen LogP contribution is 2.35. The molecule has 3 rings (SSSR count). The smallest absolute Gasteiger partial charge is 0.311 e. The fraction of sp³-hybridized carbons (Fsp3) is 0.409. The van der Waals surface area contributed by atoms with E-state index in [4.69, 9.17) is 23.2 Å². The number of nitrogens with one attached hydrogen (secondary N) is 1. The average molecular weight is 439 g/mol. The molecule has 1 N–H and O–H groups in total. The highest BCUT2D eigenvalue weighted by molar-refractivity contribution is 6.34. The van der Waals surface area contributed by atoms with Crippen molar-refractivity contribution in [3.05, 3.63) is 69.0 Å². The molecule has 1 heterocycles. The Morgan fingerprint density at radius 3 is 2.55 bits per heavy atom. The first-order chi connectivity index (χ1) is 13.7. The molecular weight excluding hydrogens is 412 g/mol. The third-order valence-corrected chi connectivity index (χ3v) is 6.17. The number of amides is 2. The Labute approximate surface area is 181 Å². The molecule has 1 saturated heterocycles. The van der Waals surface area contributed by atoms with E-state index in [1.807, 2.05) is 32.2 Å². The van der Waals surface area contributed by atoms with Crippen molar-refractivity contribution in [1.82, 2.24) is 10.2 Å². The Morgan fingerprint density at radius 1 is 1.21 bits per heavy atom. The molecule has 4 nitrogen and oxygen atoms in total. The molecule has 1 aliphatic heterocycles. The summed E-state index contributed by atoms with van der Waals surface area (Å²) in [5.74, 6) is -0.256. The number of benzene rings is 2. The molecule has 29 heavy (non-hydrogen) atoms. The largest absolute Gasteiger partial charge is 0.419 e. The quantitative estimate of drug-likeness (QED) is 0.669. The van der Waals surface area contributed by atoms with Gasteiger partial charge in [0.25, 0.3) is 0 Å². The molecule has 1 fully saturated rings. The summed E-state index contributed by atoms with van der Waals surface area (Å²) < 4.78 is 13.9. The lowest BCUT2D eigenvalue weighted by molar-refractivity contribution is -0.863. The average Bonchev–Trinajstić information content (AvgIpc) is 2.83. The second-order valence-electron chi connectivity index (χ2n) is 7.96. The van der Waals surface area contributed by atoms with E-state index in [9.17, 15) is 9.18 Å². The van der Waals surface area contributed by atoms with Crippen molar-refractivity contribution >= 4 is 29.2 Å². The minimum Gasteiger partial charge on any atom is -0.311 e. The first-order valence-corrected chi connectivity index (χ1v) is 10.5. The van der Waals surface area contributed by atoms with Crippen LogP contribution in [0.15, 0.2) is 36.4 Å². The fourth-order valence-electron chi connectivity index (χ4n) is 4.25. The van der Waals surface area contributed by atoms with Crippen LogP contribution in [0, 0.1) is 12.7 Å². The molecule has 1 unspecified atom stereocenters. The number of carbonyl (C=O) groups is 1. The van der Waals surface area contributed by atoms with Crippen molar-refractivity contribution in [2.75, 3.05) is 33.7 Å². The van der Waals surface area contributed by atoms with E-state index >= 15 is 0 Å². The summed E-state index contributed by atoms with van der Waals surface area (Å²) in [4.78, 5) is 15.4. The summed E-state index contributed by atoms with van der Waals surface area (Å²) in [7, 11) is 3.78. The van der Waals surface area contributed by atoms with Crippen LogP contribution in [0.4, 0.5) is 9.18 Å². The summed E-state index contributed by atoms with van der Waals surface area (Å²) in [6.07, 6.45) is 0.797. The van der Waals surface area contributed by atoms with Gasteiger partial charge >= 0.3 is 6.03 Å². The minimum atomic E-state index is -0.256. The van der Waals surface area contributed by atoms with Gasteiger partial charge in [-0.05, 0) is 54.4 Å². The highest BCUT2D eigenvalue weighted by Gasteiger charge is 2.44. The molecule has 0 aromatic heterocycles. The zero-order chi connectivity index (χ0) is 21.2. The van der Waals surface area contributed by atoms with Crippen LogP contribution in [0.2, 0.25) is 10.0 Å². The number of halogens is 3. The number of quaternary nitrogens is 1. The van der Waals surface area contributed by atoms with Gasteiger partial charge in [0.2, 0.25) is 0 Å². The van der Waals surface area contributed by atoms with Crippen LogP contribution in [0.3, 0.4) is 0 Å². The Bertz CT molecular complexity index is 887. The molecule has 2 aromatic carbocycles. The molecule has 0 saturated carbocycles. The monoisotopic (exact) mass is 438 g/mol. The standard InChI is InChI=1S/C22H27Cl2FN3O/c1-15-10-19(25)4-5-20(15)21-6-7-26-8-9-28(21,3)22(29)27(2)14-16-11-17(23)13-18(24)12-16/h4-5,10-13,21,26H,6-9,14H2,1-3H3/q+1/t21-,28?/m1/s1. The Morgan fingerprint density at radius 2 is 1.90 bits per heavy atom. The van der Waals surface area contributed by atoms with E-state index < -0.39 is 0 Å². The molecule has 1 aliphatic rings. The maximum Gasteiger partial charge on any atom is 0.419 e. The van der Waals surface area contributed by atoms with Crippen LogP contribution in [-0.4, -0.2) is 49.1 Å². The van der Waals surface area contributed by atoms with Crippen LogP contribution >= 0.6 is 23.2 Å². The number of urea groups is 1. The zero-order valence-electron chi connectivity index (χ0n) is 17.0. The highest BCUT2D eigenvalue weighted by atomic mass is 35.5. The number of carbonyl (C=O) groups excluding carboxylic acids is 1. The van der Waals surface area contributed by atoms with Gasteiger partial charge in [-0.2, -0.15) is 0 Å². The molecule has 2 atom stereocenters. The maximum atomic E-state index is 13.7. The normalized spacial score (nSPS) is 22.2. The van der Waals surface area contributed by atoms with Gasteiger partial charge < -0.3 is 5.32 Å². The summed E-state index contributed by atoms with van der Waals surface area (Å²) in [6.45, 7) is 4.53. The number of rotatable bonds is 3. The van der Waals surface area contributed by atoms with E-state index in [0.29, 0.717) is 23.1 Å². The second-order valence-corrected chi connectivity index (χ2v) is 8.84. The number of aryl methyl sites for hydroxylation is 1. The van der Waals surface area contributed by atoms with Crippen LogP contribution in [-0.2, 0) is 6.54 Å². The van der Waals surface area contributed by atoms with Crippen molar-refractivity contribution in [2.24, 2.45) is 0 Å². The van der Waals surface area contributed by atoms with Crippen LogP contribution in [0.25, 0.3) is 0 Å². The lowest BCUT2D eigenvalue weighted by Crippen LogP contribution is -2.57. The lowest BCUT2D eigenvalue weighted by Gasteiger charge is -2.40. The number of likely N-dealkylation sites (N-methyl/N-ethyl adjacent to an activating group) is 1. The molecule has 0 aliphatic carbocycles. The Hall–Kier alpha value is -1.66. The van der Waals surface area contributed by atoms with Gasteiger partial charge in [0, 0.05) is 42.2 Å². The van der Waals surface area contributed by atoms with Gasteiger partial charge in [-0.25, -0.2) is 13.7 Å². The van der Waals surface area contributed by atoms with Crippen LogP contribution < -0.4 is 5.32 Å². The van der Waals surface area contributed by atoms with E-state index in [0.717, 1.165) is 36.2 Å². The molecule has 0 radical (unpaired) electrons. The minimum absolute atomic E-state index is 0.0125. The van der Waals surface area contributed by atoms with Crippen molar-refractivity contribution in [1.29, 1.82) is 0 Å². The first-order valence-electron chi connectivity index (χ1n) is 9.73. The van der Waals surface area contributed by atoms with Gasteiger partial charge in [-0.15, -0.1) is 0 Å². The predicted molar refractivity (Wildman–Crippen MR) is 116 cm³/mol. The third-order valence-electron chi connectivity index (χ3n) is 5.73. The topological polar surface area (TPSA) is 32.3 Å². The lowest BCUT2D eigenvalue weighted by atomic mass is 9.95. The molecule has 2 aromatic rings. The Balaban J connectivity index is 1.91. The van der Waals surface area contributed by atoms with Crippen molar-refractivity contribution in [2.45, 2.75) is 25.9 Å². The summed E-state index contributed by atoms with van der Waals surface area (Å²) in [6, 6.07) is 10.1. The van der Waals surface area contributed by atoms with E-state index in [2.05, 4.69) is 5.32 Å². The molecule has 0 spiro atoms. The number of hydrogen-bond donors (Lipinski definition) is 1. The van der Waals surface area contributed by atoms with Crippen LogP contribution in [0.5, 0.6) is 0 Å². The second kappa shape index (κ2) is 9.00. The van der Waals surface area contributed by atoms with E-state index in [-0.39, 0.29) is 22.4 Å². The van der Waals surface area contributed by atoms with Gasteiger partial charge in [-0.3, -0.25) is 4.90 Å². The SMILES string of the molecule is Cc1cc(F)ccc1[C@H]1CCNCC[N+]1(C)C(=O)N(C)Cc1cc(Cl)cc(Cl)c1. The van der Waals surface area contributed by atoms with Crippen LogP contribution in [0.1, 0.15) is 29.2 Å². The molecule has 2 amide bonds. The maximum absolute atomic E-state index is 13.7.